The third-order valence-electron chi connectivity index (χ3n) is 3.38. The fraction of sp³-hybridized carbons (Fsp3) is 0.385. The van der Waals surface area contributed by atoms with Gasteiger partial charge in [-0.3, -0.25) is 0 Å². The Morgan fingerprint density at radius 1 is 1.25 bits per heavy atom. The molecular formula is C13H15ClN2. The van der Waals surface area contributed by atoms with Crippen LogP contribution in [0.25, 0.3) is 10.9 Å². The van der Waals surface area contributed by atoms with E-state index in [9.17, 15) is 0 Å². The summed E-state index contributed by atoms with van der Waals surface area (Å²) in [5, 5.41) is 5.52. The van der Waals surface area contributed by atoms with E-state index in [2.05, 4.69) is 28.5 Å². The van der Waals surface area contributed by atoms with E-state index in [1.165, 1.54) is 30.3 Å². The van der Waals surface area contributed by atoms with E-state index in [0.29, 0.717) is 6.04 Å². The fourth-order valence-corrected chi connectivity index (χ4v) is 2.76. The Kier molecular flexibility index (Phi) is 2.62. The van der Waals surface area contributed by atoms with Crippen LogP contribution in [0.1, 0.15) is 30.9 Å². The van der Waals surface area contributed by atoms with Crippen LogP contribution in [-0.4, -0.2) is 11.5 Å². The topological polar surface area (TPSA) is 27.8 Å². The zero-order valence-electron chi connectivity index (χ0n) is 9.09. The molecule has 1 aromatic carbocycles. The number of piperidine rings is 1. The van der Waals surface area contributed by atoms with Crippen LogP contribution in [0.4, 0.5) is 0 Å². The zero-order valence-corrected chi connectivity index (χ0v) is 9.85. The van der Waals surface area contributed by atoms with Crippen molar-refractivity contribution >= 4 is 22.5 Å². The molecule has 2 aromatic rings. The van der Waals surface area contributed by atoms with Crippen LogP contribution >= 0.6 is 11.6 Å². The maximum absolute atomic E-state index is 6.13. The quantitative estimate of drug-likeness (QED) is 0.775. The van der Waals surface area contributed by atoms with Crippen LogP contribution in [0.2, 0.25) is 5.02 Å². The molecule has 2 N–H and O–H groups in total. The van der Waals surface area contributed by atoms with Crippen LogP contribution in [0.5, 0.6) is 0 Å². The van der Waals surface area contributed by atoms with Crippen molar-refractivity contribution in [2.45, 2.75) is 25.3 Å². The van der Waals surface area contributed by atoms with Gasteiger partial charge < -0.3 is 10.3 Å². The van der Waals surface area contributed by atoms with Crippen LogP contribution < -0.4 is 5.32 Å². The maximum Gasteiger partial charge on any atom is 0.0659 e. The molecule has 16 heavy (non-hydrogen) atoms. The minimum Gasteiger partial charge on any atom is -0.359 e. The van der Waals surface area contributed by atoms with E-state index < -0.39 is 0 Å². The van der Waals surface area contributed by atoms with Crippen LogP contribution in [-0.2, 0) is 0 Å². The van der Waals surface area contributed by atoms with Gasteiger partial charge >= 0.3 is 0 Å². The predicted molar refractivity (Wildman–Crippen MR) is 67.9 cm³/mol. The molecule has 3 heteroatoms. The second-order valence-electron chi connectivity index (χ2n) is 4.41. The molecule has 0 saturated carbocycles. The van der Waals surface area contributed by atoms with Crippen molar-refractivity contribution in [1.82, 2.24) is 10.3 Å². The van der Waals surface area contributed by atoms with Gasteiger partial charge in [0.2, 0.25) is 0 Å². The standard InChI is InChI=1S/C13H15ClN2/c14-11-8-16-13-9(11)4-3-5-10(13)12-6-1-2-7-15-12/h3-5,8,12,15-16H,1-2,6-7H2. The van der Waals surface area contributed by atoms with Gasteiger partial charge in [-0.1, -0.05) is 36.2 Å². The highest BCUT2D eigenvalue weighted by molar-refractivity contribution is 6.35. The summed E-state index contributed by atoms with van der Waals surface area (Å²) in [6.45, 7) is 1.12. The van der Waals surface area contributed by atoms with E-state index in [1.807, 2.05) is 6.20 Å². The zero-order chi connectivity index (χ0) is 11.0. The average Bonchev–Trinajstić information content (AvgIpc) is 2.73. The first kappa shape index (κ1) is 10.2. The van der Waals surface area contributed by atoms with Crippen LogP contribution in [0.3, 0.4) is 0 Å². The number of halogens is 1. The lowest BCUT2D eigenvalue weighted by molar-refractivity contribution is 0.414. The van der Waals surface area contributed by atoms with Gasteiger partial charge in [0.25, 0.3) is 0 Å². The number of H-pyrrole nitrogens is 1. The largest absolute Gasteiger partial charge is 0.359 e. The molecule has 0 radical (unpaired) electrons. The van der Waals surface area contributed by atoms with Gasteiger partial charge in [-0.05, 0) is 24.9 Å². The van der Waals surface area contributed by atoms with Crippen molar-refractivity contribution < 1.29 is 0 Å². The Morgan fingerprint density at radius 2 is 2.19 bits per heavy atom. The van der Waals surface area contributed by atoms with Gasteiger partial charge in [-0.15, -0.1) is 0 Å². The average molecular weight is 235 g/mol. The molecule has 2 nitrogen and oxygen atoms in total. The normalized spacial score (nSPS) is 21.4. The number of hydrogen-bond donors (Lipinski definition) is 2. The fourth-order valence-electron chi connectivity index (χ4n) is 2.55. The van der Waals surface area contributed by atoms with Crippen molar-refractivity contribution in [3.05, 3.63) is 35.0 Å². The molecule has 2 heterocycles. The summed E-state index contributed by atoms with van der Waals surface area (Å²) < 4.78 is 0. The molecule has 0 spiro atoms. The molecule has 84 valence electrons. The summed E-state index contributed by atoms with van der Waals surface area (Å²) in [6, 6.07) is 6.83. The van der Waals surface area contributed by atoms with E-state index in [4.69, 9.17) is 11.6 Å². The lowest BCUT2D eigenvalue weighted by Gasteiger charge is -2.24. The monoisotopic (exact) mass is 234 g/mol. The predicted octanol–water partition coefficient (Wildman–Crippen LogP) is 3.64. The molecule has 1 aromatic heterocycles. The second-order valence-corrected chi connectivity index (χ2v) is 4.82. The third-order valence-corrected chi connectivity index (χ3v) is 3.70. The molecule has 0 aliphatic carbocycles. The van der Waals surface area contributed by atoms with Crippen LogP contribution in [0, 0.1) is 0 Å². The molecule has 1 atom stereocenters. The van der Waals surface area contributed by atoms with Crippen molar-refractivity contribution in [2.24, 2.45) is 0 Å². The second kappa shape index (κ2) is 4.11. The Hall–Kier alpha value is -0.990. The van der Waals surface area contributed by atoms with Gasteiger partial charge in [0, 0.05) is 17.6 Å². The van der Waals surface area contributed by atoms with Gasteiger partial charge in [0.15, 0.2) is 0 Å². The number of aromatic nitrogens is 1. The minimum atomic E-state index is 0.479. The van der Waals surface area contributed by atoms with Crippen LogP contribution in [0.15, 0.2) is 24.4 Å². The Balaban J connectivity index is 2.08. The Labute approximate surface area is 100.0 Å². The number of hydrogen-bond acceptors (Lipinski definition) is 1. The molecule has 1 aliphatic rings. The molecule has 0 bridgehead atoms. The lowest BCUT2D eigenvalue weighted by atomic mass is 9.96. The molecular weight excluding hydrogens is 220 g/mol. The summed E-state index contributed by atoms with van der Waals surface area (Å²) in [5.41, 5.74) is 2.54. The first-order valence-electron chi connectivity index (χ1n) is 5.85. The summed E-state index contributed by atoms with van der Waals surface area (Å²) in [5.74, 6) is 0. The number of fused-ring (bicyclic) bond motifs is 1. The highest BCUT2D eigenvalue weighted by atomic mass is 35.5. The molecule has 1 saturated heterocycles. The number of aromatic amines is 1. The number of rotatable bonds is 1. The third kappa shape index (κ3) is 1.62. The van der Waals surface area contributed by atoms with Crippen molar-refractivity contribution in [1.29, 1.82) is 0 Å². The van der Waals surface area contributed by atoms with E-state index >= 15 is 0 Å². The van der Waals surface area contributed by atoms with E-state index in [-0.39, 0.29) is 0 Å². The highest BCUT2D eigenvalue weighted by Crippen LogP contribution is 2.31. The van der Waals surface area contributed by atoms with Gasteiger partial charge in [0.05, 0.1) is 10.5 Å². The summed E-state index contributed by atoms with van der Waals surface area (Å²) in [4.78, 5) is 3.28. The SMILES string of the molecule is Clc1c[nH]c2c(C3CCCCN3)cccc12. The number of para-hydroxylation sites is 1. The first-order chi connectivity index (χ1) is 7.86. The minimum absolute atomic E-state index is 0.479. The van der Waals surface area contributed by atoms with E-state index in [1.54, 1.807) is 0 Å². The van der Waals surface area contributed by atoms with Gasteiger partial charge in [-0.25, -0.2) is 0 Å². The van der Waals surface area contributed by atoms with Crippen molar-refractivity contribution in [3.63, 3.8) is 0 Å². The molecule has 0 amide bonds. The Bertz CT molecular complexity index is 498. The van der Waals surface area contributed by atoms with Gasteiger partial charge in [-0.2, -0.15) is 0 Å². The molecule has 1 unspecified atom stereocenters. The highest BCUT2D eigenvalue weighted by Gasteiger charge is 2.17. The molecule has 1 fully saturated rings. The van der Waals surface area contributed by atoms with Crippen molar-refractivity contribution in [2.75, 3.05) is 6.54 Å². The first-order valence-corrected chi connectivity index (χ1v) is 6.23. The van der Waals surface area contributed by atoms with Gasteiger partial charge in [0.1, 0.15) is 0 Å². The Morgan fingerprint density at radius 3 is 3.00 bits per heavy atom. The maximum atomic E-state index is 6.13. The summed E-state index contributed by atoms with van der Waals surface area (Å²) in [7, 11) is 0. The summed E-state index contributed by atoms with van der Waals surface area (Å²) >= 11 is 6.13. The lowest BCUT2D eigenvalue weighted by Crippen LogP contribution is -2.26. The number of nitrogens with one attached hydrogen (secondary N) is 2. The van der Waals surface area contributed by atoms with Crippen molar-refractivity contribution in [3.8, 4) is 0 Å². The summed E-state index contributed by atoms with van der Waals surface area (Å²) in [6.07, 6.45) is 5.69. The van der Waals surface area contributed by atoms with E-state index in [0.717, 1.165) is 17.0 Å². The molecule has 1 aliphatic heterocycles. The smallest absolute Gasteiger partial charge is 0.0659 e. The number of benzene rings is 1. The molecule has 3 rings (SSSR count).